The average molecular weight is 371 g/mol. The van der Waals surface area contributed by atoms with E-state index in [1.54, 1.807) is 32.4 Å². The fraction of sp³-hybridized carbons (Fsp3) is 0.158. The number of ether oxygens (including phenoxy) is 4. The molecule has 0 N–H and O–H groups in total. The fourth-order valence-corrected chi connectivity index (χ4v) is 2.94. The maximum Gasteiger partial charge on any atom is 0.231 e. The minimum absolute atomic E-state index is 0.247. The smallest absolute Gasteiger partial charge is 0.231 e. The molecule has 0 spiro atoms. The zero-order valence-electron chi connectivity index (χ0n) is 14.2. The van der Waals surface area contributed by atoms with Gasteiger partial charge in [-0.25, -0.2) is 9.97 Å². The van der Waals surface area contributed by atoms with Crippen LogP contribution < -0.4 is 18.9 Å². The van der Waals surface area contributed by atoms with Crippen LogP contribution in [0.5, 0.6) is 23.0 Å². The van der Waals surface area contributed by atoms with E-state index in [4.69, 9.17) is 30.5 Å². The van der Waals surface area contributed by atoms with Gasteiger partial charge in [0.2, 0.25) is 6.79 Å². The Bertz CT molecular complexity index is 1020. The lowest BCUT2D eigenvalue weighted by Gasteiger charge is -2.09. The Hall–Kier alpha value is -2.99. The lowest BCUT2D eigenvalue weighted by atomic mass is 10.2. The van der Waals surface area contributed by atoms with Crippen molar-refractivity contribution in [3.8, 4) is 23.0 Å². The van der Waals surface area contributed by atoms with Gasteiger partial charge in [0.15, 0.2) is 28.8 Å². The molecule has 6 nitrogen and oxygen atoms in total. The number of hydrogen-bond acceptors (Lipinski definition) is 6. The van der Waals surface area contributed by atoms with Gasteiger partial charge in [-0.15, -0.1) is 0 Å². The van der Waals surface area contributed by atoms with E-state index in [1.807, 2.05) is 24.3 Å². The van der Waals surface area contributed by atoms with E-state index in [0.29, 0.717) is 33.4 Å². The van der Waals surface area contributed by atoms with Gasteiger partial charge < -0.3 is 18.9 Å². The first-order valence-electron chi connectivity index (χ1n) is 7.85. The molecule has 0 bridgehead atoms. The second-order valence-electron chi connectivity index (χ2n) is 5.54. The Morgan fingerprint density at radius 2 is 1.73 bits per heavy atom. The summed E-state index contributed by atoms with van der Waals surface area (Å²) in [5, 5.41) is 1.05. The molecule has 2 heterocycles. The van der Waals surface area contributed by atoms with E-state index < -0.39 is 0 Å². The number of methoxy groups -OCH3 is 2. The van der Waals surface area contributed by atoms with E-state index in [0.717, 1.165) is 17.1 Å². The molecule has 3 aromatic rings. The monoisotopic (exact) mass is 370 g/mol. The first kappa shape index (κ1) is 16.5. The summed E-state index contributed by atoms with van der Waals surface area (Å²) in [6, 6.07) is 9.24. The van der Waals surface area contributed by atoms with Crippen molar-refractivity contribution in [2.24, 2.45) is 0 Å². The normalized spacial score (nSPS) is 12.7. The van der Waals surface area contributed by atoms with Crippen molar-refractivity contribution in [1.82, 2.24) is 9.97 Å². The van der Waals surface area contributed by atoms with Crippen LogP contribution in [0.1, 0.15) is 11.4 Å². The van der Waals surface area contributed by atoms with Gasteiger partial charge in [-0.1, -0.05) is 23.7 Å². The van der Waals surface area contributed by atoms with Crippen LogP contribution in [0.2, 0.25) is 5.15 Å². The molecule has 4 rings (SSSR count). The van der Waals surface area contributed by atoms with Crippen LogP contribution in [0.4, 0.5) is 0 Å². The Labute approximate surface area is 154 Å². The lowest BCUT2D eigenvalue weighted by Crippen LogP contribution is -1.95. The summed E-state index contributed by atoms with van der Waals surface area (Å²) in [4.78, 5) is 8.87. The Morgan fingerprint density at radius 1 is 0.962 bits per heavy atom. The highest BCUT2D eigenvalue weighted by atomic mass is 35.5. The van der Waals surface area contributed by atoms with Gasteiger partial charge in [0, 0.05) is 11.5 Å². The predicted molar refractivity (Wildman–Crippen MR) is 99.1 cm³/mol. The molecule has 0 atom stereocenters. The van der Waals surface area contributed by atoms with E-state index in [1.165, 1.54) is 0 Å². The molecular weight excluding hydrogens is 356 g/mol. The van der Waals surface area contributed by atoms with Gasteiger partial charge >= 0.3 is 0 Å². The molecule has 132 valence electrons. The highest BCUT2D eigenvalue weighted by Crippen LogP contribution is 2.35. The number of nitrogens with zero attached hydrogens (tertiary/aromatic N) is 2. The standard InChI is InChI=1S/C19H15ClN2O4/c1-23-15-8-12-13(9-16(15)24-2)21-18(22-19(12)20)6-4-11-3-5-14-17(7-11)26-10-25-14/h3-9H,10H2,1-2H3/b6-4+. The highest BCUT2D eigenvalue weighted by Gasteiger charge is 2.13. The Kier molecular flexibility index (Phi) is 4.26. The summed E-state index contributed by atoms with van der Waals surface area (Å²) in [6.07, 6.45) is 3.68. The average Bonchev–Trinajstić information content (AvgIpc) is 3.13. The quantitative estimate of drug-likeness (QED) is 0.641. The third-order valence-corrected chi connectivity index (χ3v) is 4.28. The van der Waals surface area contributed by atoms with Gasteiger partial charge in [0.25, 0.3) is 0 Å². The SMILES string of the molecule is COc1cc2nc(/C=C/c3ccc4c(c3)OCO4)nc(Cl)c2cc1OC. The molecule has 2 aromatic carbocycles. The zero-order valence-corrected chi connectivity index (χ0v) is 14.9. The van der Waals surface area contributed by atoms with E-state index >= 15 is 0 Å². The molecule has 0 fully saturated rings. The number of benzene rings is 2. The summed E-state index contributed by atoms with van der Waals surface area (Å²) in [5.74, 6) is 3.12. The van der Waals surface area contributed by atoms with E-state index in [-0.39, 0.29) is 6.79 Å². The predicted octanol–water partition coefficient (Wildman–Crippen LogP) is 4.20. The second-order valence-corrected chi connectivity index (χ2v) is 5.90. The van der Waals surface area contributed by atoms with Gasteiger partial charge in [-0.3, -0.25) is 0 Å². The third kappa shape index (κ3) is 2.99. The molecular formula is C19H15ClN2O4. The van der Waals surface area contributed by atoms with E-state index in [9.17, 15) is 0 Å². The van der Waals surface area contributed by atoms with Gasteiger partial charge in [-0.2, -0.15) is 0 Å². The number of fused-ring (bicyclic) bond motifs is 2. The summed E-state index contributed by atoms with van der Waals surface area (Å²) in [7, 11) is 3.15. The van der Waals surface area contributed by atoms with Crippen molar-refractivity contribution >= 4 is 34.7 Å². The number of rotatable bonds is 4. The summed E-state index contributed by atoms with van der Waals surface area (Å²) < 4.78 is 21.3. The van der Waals surface area contributed by atoms with Crippen LogP contribution >= 0.6 is 11.6 Å². The third-order valence-electron chi connectivity index (χ3n) is 3.99. The largest absolute Gasteiger partial charge is 0.493 e. The molecule has 0 radical (unpaired) electrons. The molecule has 0 unspecified atom stereocenters. The topological polar surface area (TPSA) is 62.7 Å². The first-order chi connectivity index (χ1) is 12.7. The second kappa shape index (κ2) is 6.72. The van der Waals surface area contributed by atoms with Crippen molar-refractivity contribution in [3.63, 3.8) is 0 Å². The van der Waals surface area contributed by atoms with Crippen LogP contribution in [0.15, 0.2) is 30.3 Å². The maximum absolute atomic E-state index is 6.33. The van der Waals surface area contributed by atoms with Crippen molar-refractivity contribution in [2.45, 2.75) is 0 Å². The summed E-state index contributed by atoms with van der Waals surface area (Å²) in [6.45, 7) is 0.247. The fourth-order valence-electron chi connectivity index (χ4n) is 2.70. The van der Waals surface area contributed by atoms with Gasteiger partial charge in [-0.05, 0) is 29.8 Å². The van der Waals surface area contributed by atoms with Gasteiger partial charge in [0.05, 0.1) is 19.7 Å². The molecule has 0 saturated carbocycles. The number of hydrogen-bond donors (Lipinski definition) is 0. The van der Waals surface area contributed by atoms with Crippen molar-refractivity contribution < 1.29 is 18.9 Å². The van der Waals surface area contributed by atoms with Gasteiger partial charge in [0.1, 0.15) is 5.15 Å². The van der Waals surface area contributed by atoms with Crippen LogP contribution in [-0.4, -0.2) is 31.0 Å². The number of aromatic nitrogens is 2. The van der Waals surface area contributed by atoms with Crippen molar-refractivity contribution in [3.05, 3.63) is 46.9 Å². The van der Waals surface area contributed by atoms with Crippen molar-refractivity contribution in [2.75, 3.05) is 21.0 Å². The number of halogens is 1. The molecule has 0 saturated heterocycles. The van der Waals surface area contributed by atoms with E-state index in [2.05, 4.69) is 9.97 Å². The molecule has 1 aromatic heterocycles. The molecule has 26 heavy (non-hydrogen) atoms. The Balaban J connectivity index is 1.70. The molecule has 1 aliphatic rings. The summed E-state index contributed by atoms with van der Waals surface area (Å²) in [5.41, 5.74) is 1.62. The molecule has 0 aliphatic carbocycles. The molecule has 7 heteroatoms. The maximum atomic E-state index is 6.33. The van der Waals surface area contributed by atoms with Crippen LogP contribution in [0.3, 0.4) is 0 Å². The Morgan fingerprint density at radius 3 is 2.54 bits per heavy atom. The first-order valence-corrected chi connectivity index (χ1v) is 8.23. The lowest BCUT2D eigenvalue weighted by molar-refractivity contribution is 0.174. The minimum Gasteiger partial charge on any atom is -0.493 e. The van der Waals surface area contributed by atoms with Crippen LogP contribution in [-0.2, 0) is 0 Å². The van der Waals surface area contributed by atoms with Crippen molar-refractivity contribution in [1.29, 1.82) is 0 Å². The van der Waals surface area contributed by atoms with Crippen LogP contribution in [0.25, 0.3) is 23.1 Å². The molecule has 0 amide bonds. The zero-order chi connectivity index (χ0) is 18.1. The van der Waals surface area contributed by atoms with Crippen LogP contribution in [0, 0.1) is 0 Å². The summed E-state index contributed by atoms with van der Waals surface area (Å²) >= 11 is 6.33. The highest BCUT2D eigenvalue weighted by molar-refractivity contribution is 6.34. The minimum atomic E-state index is 0.247. The molecule has 1 aliphatic heterocycles.